The number of nitrogens with one attached hydrogen (secondary N) is 2. The average Bonchev–Trinajstić information content (AvgIpc) is 2.49. The van der Waals surface area contributed by atoms with Gasteiger partial charge in [-0.15, -0.1) is 0 Å². The molecule has 3 fully saturated rings. The number of fused-ring (bicyclic) bond motifs is 3. The minimum Gasteiger partial charge on any atom is -0.494 e. The molecule has 0 aliphatic carbocycles. The number of amides is 1. The standard InChI is InChI=1S/C16H23N3O2/c1-11(20)17-14-4-3-13(9-16(14)21-2)18-15-10-19-7-5-12(15)6-8-19/h3-4,9,12,15,18H,5-8,10H2,1-2H3,(H,17,20). The minimum absolute atomic E-state index is 0.0913. The van der Waals surface area contributed by atoms with Crippen LogP contribution in [0.2, 0.25) is 0 Å². The van der Waals surface area contributed by atoms with Crippen molar-refractivity contribution < 1.29 is 9.53 Å². The monoisotopic (exact) mass is 289 g/mol. The van der Waals surface area contributed by atoms with E-state index >= 15 is 0 Å². The molecule has 114 valence electrons. The zero-order chi connectivity index (χ0) is 14.8. The van der Waals surface area contributed by atoms with Gasteiger partial charge in [-0.05, 0) is 44.0 Å². The van der Waals surface area contributed by atoms with Gasteiger partial charge in [0.2, 0.25) is 5.91 Å². The number of anilines is 2. The zero-order valence-electron chi connectivity index (χ0n) is 12.7. The first-order chi connectivity index (χ1) is 10.2. The SMILES string of the molecule is COc1cc(NC2CN3CCC2CC3)ccc1NC(C)=O. The third-order valence-corrected chi connectivity index (χ3v) is 4.52. The van der Waals surface area contributed by atoms with E-state index in [0.717, 1.165) is 18.2 Å². The Bertz CT molecular complexity index is 524. The maximum Gasteiger partial charge on any atom is 0.221 e. The molecular weight excluding hydrogens is 266 g/mol. The highest BCUT2D eigenvalue weighted by molar-refractivity contribution is 5.90. The van der Waals surface area contributed by atoms with Gasteiger partial charge in [-0.1, -0.05) is 0 Å². The maximum atomic E-state index is 11.2. The summed E-state index contributed by atoms with van der Waals surface area (Å²) in [6.45, 7) is 5.11. The van der Waals surface area contributed by atoms with Crippen LogP contribution in [0, 0.1) is 5.92 Å². The fourth-order valence-corrected chi connectivity index (χ4v) is 3.42. The van der Waals surface area contributed by atoms with Gasteiger partial charge in [0.1, 0.15) is 5.75 Å². The molecule has 2 bridgehead atoms. The number of carbonyl (C=O) groups is 1. The van der Waals surface area contributed by atoms with E-state index in [-0.39, 0.29) is 5.91 Å². The lowest BCUT2D eigenvalue weighted by atomic mass is 9.84. The Balaban J connectivity index is 1.72. The van der Waals surface area contributed by atoms with Gasteiger partial charge in [0.25, 0.3) is 0 Å². The molecule has 0 aromatic heterocycles. The molecule has 2 N–H and O–H groups in total. The highest BCUT2D eigenvalue weighted by Gasteiger charge is 2.33. The quantitative estimate of drug-likeness (QED) is 0.892. The number of nitrogens with zero attached hydrogens (tertiary/aromatic N) is 1. The molecule has 0 saturated carbocycles. The molecular formula is C16H23N3O2. The number of benzene rings is 1. The van der Waals surface area contributed by atoms with Crippen LogP contribution in [-0.2, 0) is 4.79 Å². The summed E-state index contributed by atoms with van der Waals surface area (Å²) in [6.07, 6.45) is 2.58. The summed E-state index contributed by atoms with van der Waals surface area (Å²) in [7, 11) is 1.62. The predicted octanol–water partition coefficient (Wildman–Crippen LogP) is 2.16. The zero-order valence-corrected chi connectivity index (χ0v) is 12.7. The summed E-state index contributed by atoms with van der Waals surface area (Å²) in [5.41, 5.74) is 1.77. The van der Waals surface area contributed by atoms with E-state index in [9.17, 15) is 4.79 Å². The Morgan fingerprint density at radius 3 is 2.67 bits per heavy atom. The van der Waals surface area contributed by atoms with Gasteiger partial charge < -0.3 is 20.3 Å². The van der Waals surface area contributed by atoms with E-state index < -0.39 is 0 Å². The first kappa shape index (κ1) is 14.2. The molecule has 5 heteroatoms. The third-order valence-electron chi connectivity index (χ3n) is 4.52. The van der Waals surface area contributed by atoms with Crippen molar-refractivity contribution in [3.8, 4) is 5.75 Å². The van der Waals surface area contributed by atoms with E-state index in [2.05, 4.69) is 15.5 Å². The summed E-state index contributed by atoms with van der Waals surface area (Å²) < 4.78 is 5.37. The number of methoxy groups -OCH3 is 1. The summed E-state index contributed by atoms with van der Waals surface area (Å²) in [6, 6.07) is 6.38. The number of piperidine rings is 3. The number of carbonyl (C=O) groups excluding carboxylic acids is 1. The number of hydrogen-bond donors (Lipinski definition) is 2. The second-order valence-corrected chi connectivity index (χ2v) is 5.99. The Hall–Kier alpha value is -1.75. The third kappa shape index (κ3) is 3.13. The summed E-state index contributed by atoms with van der Waals surface area (Å²) in [5, 5.41) is 6.42. The lowest BCUT2D eigenvalue weighted by molar-refractivity contribution is -0.114. The van der Waals surface area contributed by atoms with Crippen LogP contribution in [0.1, 0.15) is 19.8 Å². The Morgan fingerprint density at radius 2 is 2.10 bits per heavy atom. The van der Waals surface area contributed by atoms with Crippen LogP contribution in [0.15, 0.2) is 18.2 Å². The molecule has 1 unspecified atom stereocenters. The second-order valence-electron chi connectivity index (χ2n) is 5.99. The van der Waals surface area contributed by atoms with Gasteiger partial charge in [0.15, 0.2) is 0 Å². The van der Waals surface area contributed by atoms with Crippen molar-refractivity contribution >= 4 is 17.3 Å². The number of rotatable bonds is 4. The molecule has 3 heterocycles. The molecule has 5 nitrogen and oxygen atoms in total. The first-order valence-corrected chi connectivity index (χ1v) is 7.60. The molecule has 3 saturated heterocycles. The fourth-order valence-electron chi connectivity index (χ4n) is 3.42. The highest BCUT2D eigenvalue weighted by atomic mass is 16.5. The highest BCUT2D eigenvalue weighted by Crippen LogP contribution is 2.32. The lowest BCUT2D eigenvalue weighted by Gasteiger charge is -2.45. The molecule has 0 spiro atoms. The number of ether oxygens (including phenoxy) is 1. The smallest absolute Gasteiger partial charge is 0.221 e. The molecule has 1 aromatic carbocycles. The van der Waals surface area contributed by atoms with Gasteiger partial charge in [-0.3, -0.25) is 4.79 Å². The fraction of sp³-hybridized carbons (Fsp3) is 0.562. The molecule has 1 atom stereocenters. The van der Waals surface area contributed by atoms with Crippen LogP contribution in [0.3, 0.4) is 0 Å². The van der Waals surface area contributed by atoms with E-state index in [0.29, 0.717) is 17.5 Å². The minimum atomic E-state index is -0.0913. The molecule has 0 radical (unpaired) electrons. The average molecular weight is 289 g/mol. The summed E-state index contributed by atoms with van der Waals surface area (Å²) in [5.74, 6) is 1.37. The van der Waals surface area contributed by atoms with Gasteiger partial charge in [-0.2, -0.15) is 0 Å². The van der Waals surface area contributed by atoms with E-state index in [1.165, 1.54) is 32.9 Å². The van der Waals surface area contributed by atoms with Gasteiger partial charge in [0.05, 0.1) is 12.8 Å². The van der Waals surface area contributed by atoms with Crippen molar-refractivity contribution in [3.05, 3.63) is 18.2 Å². The maximum absolute atomic E-state index is 11.2. The van der Waals surface area contributed by atoms with Gasteiger partial charge >= 0.3 is 0 Å². The van der Waals surface area contributed by atoms with Crippen molar-refractivity contribution in [3.63, 3.8) is 0 Å². The Kier molecular flexibility index (Phi) is 4.01. The topological polar surface area (TPSA) is 53.6 Å². The summed E-state index contributed by atoms with van der Waals surface area (Å²) in [4.78, 5) is 13.7. The van der Waals surface area contributed by atoms with Gasteiger partial charge in [0, 0.05) is 31.3 Å². The van der Waals surface area contributed by atoms with Gasteiger partial charge in [-0.25, -0.2) is 0 Å². The van der Waals surface area contributed by atoms with Crippen LogP contribution in [0.5, 0.6) is 5.75 Å². The van der Waals surface area contributed by atoms with Crippen LogP contribution in [0.25, 0.3) is 0 Å². The molecule has 3 aliphatic heterocycles. The largest absolute Gasteiger partial charge is 0.494 e. The van der Waals surface area contributed by atoms with E-state index in [1.54, 1.807) is 7.11 Å². The van der Waals surface area contributed by atoms with Crippen molar-refractivity contribution in [2.24, 2.45) is 5.92 Å². The lowest BCUT2D eigenvalue weighted by Crippen LogP contribution is -2.53. The van der Waals surface area contributed by atoms with Crippen LogP contribution >= 0.6 is 0 Å². The normalized spacial score (nSPS) is 27.2. The van der Waals surface area contributed by atoms with Crippen LogP contribution in [0.4, 0.5) is 11.4 Å². The molecule has 4 rings (SSSR count). The van der Waals surface area contributed by atoms with E-state index in [1.807, 2.05) is 18.2 Å². The Morgan fingerprint density at radius 1 is 1.33 bits per heavy atom. The summed E-state index contributed by atoms with van der Waals surface area (Å²) >= 11 is 0. The van der Waals surface area contributed by atoms with Crippen molar-refractivity contribution in [2.75, 3.05) is 37.4 Å². The second kappa shape index (κ2) is 5.93. The molecule has 1 aromatic rings. The van der Waals surface area contributed by atoms with Crippen molar-refractivity contribution in [1.82, 2.24) is 4.90 Å². The molecule has 21 heavy (non-hydrogen) atoms. The predicted molar refractivity (Wildman–Crippen MR) is 83.9 cm³/mol. The van der Waals surface area contributed by atoms with Crippen LogP contribution in [-0.4, -0.2) is 43.6 Å². The van der Waals surface area contributed by atoms with Crippen LogP contribution < -0.4 is 15.4 Å². The molecule has 1 amide bonds. The van der Waals surface area contributed by atoms with E-state index in [4.69, 9.17) is 4.74 Å². The molecule has 3 aliphatic rings. The van der Waals surface area contributed by atoms with Crippen molar-refractivity contribution in [2.45, 2.75) is 25.8 Å². The Labute approximate surface area is 125 Å². The van der Waals surface area contributed by atoms with Crippen molar-refractivity contribution in [1.29, 1.82) is 0 Å². The first-order valence-electron chi connectivity index (χ1n) is 7.60. The number of hydrogen-bond acceptors (Lipinski definition) is 4.